The van der Waals surface area contributed by atoms with Crippen LogP contribution in [-0.4, -0.2) is 43.1 Å². The molecule has 1 fully saturated rings. The van der Waals surface area contributed by atoms with Crippen LogP contribution in [0, 0.1) is 0 Å². The van der Waals surface area contributed by atoms with Crippen LogP contribution in [0.25, 0.3) is 0 Å². The third-order valence-electron chi connectivity index (χ3n) is 3.88. The van der Waals surface area contributed by atoms with Gasteiger partial charge in [0.15, 0.2) is 9.84 Å². The number of hydrogen-bond donors (Lipinski definition) is 3. The Morgan fingerprint density at radius 1 is 1.08 bits per heavy atom. The fraction of sp³-hybridized carbons (Fsp3) is 0.235. The first-order valence-electron chi connectivity index (χ1n) is 7.64. The summed E-state index contributed by atoms with van der Waals surface area (Å²) in [6, 6.07) is 12.9. The van der Waals surface area contributed by atoms with E-state index in [1.807, 2.05) is 0 Å². The van der Waals surface area contributed by atoms with Crippen molar-refractivity contribution < 1.29 is 18.3 Å². The number of sulfone groups is 1. The Hall–Kier alpha value is -2.09. The van der Waals surface area contributed by atoms with E-state index in [0.717, 1.165) is 0 Å². The quantitative estimate of drug-likeness (QED) is 0.755. The molecular formula is C17H17ClN2O4S. The van der Waals surface area contributed by atoms with Gasteiger partial charge in [-0.1, -0.05) is 23.7 Å². The van der Waals surface area contributed by atoms with Gasteiger partial charge in [0, 0.05) is 22.0 Å². The van der Waals surface area contributed by atoms with E-state index < -0.39 is 22.0 Å². The molecular weight excluding hydrogens is 364 g/mol. The molecule has 0 saturated carbocycles. The molecule has 3 N–H and O–H groups in total. The van der Waals surface area contributed by atoms with E-state index in [-0.39, 0.29) is 17.4 Å². The number of aliphatic hydroxyl groups is 1. The number of anilines is 2. The van der Waals surface area contributed by atoms with Crippen LogP contribution >= 0.6 is 11.6 Å². The molecule has 0 radical (unpaired) electrons. The molecule has 1 amide bonds. The second-order valence-corrected chi connectivity index (χ2v) is 8.53. The van der Waals surface area contributed by atoms with Crippen LogP contribution in [0.5, 0.6) is 0 Å². The second kappa shape index (κ2) is 7.03. The summed E-state index contributed by atoms with van der Waals surface area (Å²) in [6.45, 7) is 0. The van der Waals surface area contributed by atoms with Crippen molar-refractivity contribution >= 4 is 38.7 Å². The van der Waals surface area contributed by atoms with Crippen LogP contribution in [0.2, 0.25) is 5.02 Å². The Morgan fingerprint density at radius 3 is 2.48 bits per heavy atom. The van der Waals surface area contributed by atoms with E-state index in [4.69, 9.17) is 11.6 Å². The lowest BCUT2D eigenvalue weighted by Gasteiger charge is -2.17. The zero-order valence-corrected chi connectivity index (χ0v) is 14.7. The first-order valence-corrected chi connectivity index (χ1v) is 9.84. The van der Waals surface area contributed by atoms with Gasteiger partial charge >= 0.3 is 0 Å². The average Bonchev–Trinajstić information content (AvgIpc) is 2.79. The number of carbonyl (C=O) groups excluding carboxylic acids is 1. The van der Waals surface area contributed by atoms with Gasteiger partial charge in [-0.3, -0.25) is 4.79 Å². The first-order chi connectivity index (χ1) is 11.8. The summed E-state index contributed by atoms with van der Waals surface area (Å²) in [7, 11) is -3.24. The molecule has 2 atom stereocenters. The van der Waals surface area contributed by atoms with Gasteiger partial charge in [-0.2, -0.15) is 0 Å². The Morgan fingerprint density at radius 2 is 1.80 bits per heavy atom. The van der Waals surface area contributed by atoms with E-state index in [2.05, 4.69) is 10.6 Å². The van der Waals surface area contributed by atoms with Gasteiger partial charge in [-0.25, -0.2) is 8.42 Å². The molecule has 0 aromatic heterocycles. The first kappa shape index (κ1) is 17.7. The molecule has 8 heteroatoms. The Labute approximate surface area is 150 Å². The van der Waals surface area contributed by atoms with E-state index in [9.17, 15) is 18.3 Å². The lowest BCUT2D eigenvalue weighted by atomic mass is 10.1. The van der Waals surface area contributed by atoms with Gasteiger partial charge in [-0.05, 0) is 36.4 Å². The number of rotatable bonds is 4. The molecule has 0 bridgehead atoms. The number of hydrogen-bond acceptors (Lipinski definition) is 5. The van der Waals surface area contributed by atoms with Crippen molar-refractivity contribution in [3.05, 3.63) is 59.1 Å². The summed E-state index contributed by atoms with van der Waals surface area (Å²) in [5, 5.41) is 16.1. The average molecular weight is 381 g/mol. The van der Waals surface area contributed by atoms with E-state index in [0.29, 0.717) is 22.0 Å². The van der Waals surface area contributed by atoms with Crippen molar-refractivity contribution in [3.8, 4) is 0 Å². The lowest BCUT2D eigenvalue weighted by molar-refractivity contribution is 0.102. The van der Waals surface area contributed by atoms with Crippen molar-refractivity contribution in [1.82, 2.24) is 0 Å². The number of halogens is 1. The van der Waals surface area contributed by atoms with Crippen LogP contribution in [0.1, 0.15) is 10.4 Å². The third-order valence-corrected chi connectivity index (χ3v) is 5.83. The highest BCUT2D eigenvalue weighted by atomic mass is 35.5. The summed E-state index contributed by atoms with van der Waals surface area (Å²) in [4.78, 5) is 12.4. The van der Waals surface area contributed by atoms with E-state index >= 15 is 0 Å². The molecule has 2 aromatic rings. The topological polar surface area (TPSA) is 95.5 Å². The molecule has 0 spiro atoms. The molecule has 0 aliphatic carbocycles. The lowest BCUT2D eigenvalue weighted by Crippen LogP contribution is -2.31. The van der Waals surface area contributed by atoms with E-state index in [1.165, 1.54) is 0 Å². The summed E-state index contributed by atoms with van der Waals surface area (Å²) >= 11 is 5.90. The largest absolute Gasteiger partial charge is 0.390 e. The number of carbonyl (C=O) groups is 1. The van der Waals surface area contributed by atoms with Crippen molar-refractivity contribution in [2.75, 3.05) is 22.1 Å². The maximum atomic E-state index is 12.4. The molecule has 25 heavy (non-hydrogen) atoms. The van der Waals surface area contributed by atoms with Crippen LogP contribution in [0.15, 0.2) is 48.5 Å². The number of nitrogens with one attached hydrogen (secondary N) is 2. The normalized spacial score (nSPS) is 21.7. The van der Waals surface area contributed by atoms with Crippen molar-refractivity contribution in [3.63, 3.8) is 0 Å². The van der Waals surface area contributed by atoms with Crippen LogP contribution in [0.4, 0.5) is 11.4 Å². The number of aliphatic hydroxyl groups excluding tert-OH is 1. The predicted molar refractivity (Wildman–Crippen MR) is 97.9 cm³/mol. The molecule has 2 aromatic carbocycles. The van der Waals surface area contributed by atoms with Gasteiger partial charge in [0.25, 0.3) is 5.91 Å². The summed E-state index contributed by atoms with van der Waals surface area (Å²) in [5.41, 5.74) is 1.55. The van der Waals surface area contributed by atoms with Gasteiger partial charge in [0.2, 0.25) is 0 Å². The number of benzene rings is 2. The fourth-order valence-corrected chi connectivity index (χ4v) is 4.63. The predicted octanol–water partition coefficient (Wildman–Crippen LogP) is 2.16. The molecule has 6 nitrogen and oxygen atoms in total. The standard InChI is InChI=1S/C17H17ClN2O4S/c18-12-4-2-6-14(8-12)20-17(22)11-3-1-5-13(7-11)19-15-9-25(23,24)10-16(15)21/h1-8,15-16,19,21H,9-10H2,(H,20,22)/t15-,16+/m0/s1. The van der Waals surface area contributed by atoms with Gasteiger partial charge in [-0.15, -0.1) is 0 Å². The minimum atomic E-state index is -3.24. The molecule has 0 unspecified atom stereocenters. The van der Waals surface area contributed by atoms with Gasteiger partial charge < -0.3 is 15.7 Å². The Bertz CT molecular complexity index is 901. The second-order valence-electron chi connectivity index (χ2n) is 5.94. The third kappa shape index (κ3) is 4.50. The fourth-order valence-electron chi connectivity index (χ4n) is 2.70. The molecule has 1 heterocycles. The van der Waals surface area contributed by atoms with Gasteiger partial charge in [0.05, 0.1) is 23.7 Å². The molecule has 1 aliphatic heterocycles. The van der Waals surface area contributed by atoms with Crippen LogP contribution in [0.3, 0.4) is 0 Å². The van der Waals surface area contributed by atoms with E-state index in [1.54, 1.807) is 48.5 Å². The molecule has 3 rings (SSSR count). The molecule has 1 saturated heterocycles. The highest BCUT2D eigenvalue weighted by Crippen LogP contribution is 2.20. The zero-order chi connectivity index (χ0) is 18.0. The highest BCUT2D eigenvalue weighted by Gasteiger charge is 2.36. The van der Waals surface area contributed by atoms with Crippen LogP contribution in [-0.2, 0) is 9.84 Å². The maximum absolute atomic E-state index is 12.4. The highest BCUT2D eigenvalue weighted by molar-refractivity contribution is 7.91. The minimum absolute atomic E-state index is 0.132. The summed E-state index contributed by atoms with van der Waals surface area (Å²) in [5.74, 6) is -0.697. The minimum Gasteiger partial charge on any atom is -0.390 e. The smallest absolute Gasteiger partial charge is 0.255 e. The van der Waals surface area contributed by atoms with Crippen molar-refractivity contribution in [2.45, 2.75) is 12.1 Å². The SMILES string of the molecule is O=C(Nc1cccc(Cl)c1)c1cccc(N[C@H]2CS(=O)(=O)C[C@H]2O)c1. The van der Waals surface area contributed by atoms with Crippen molar-refractivity contribution in [1.29, 1.82) is 0 Å². The molecule has 1 aliphatic rings. The van der Waals surface area contributed by atoms with Crippen molar-refractivity contribution in [2.24, 2.45) is 0 Å². The maximum Gasteiger partial charge on any atom is 0.255 e. The zero-order valence-electron chi connectivity index (χ0n) is 13.1. The molecule has 132 valence electrons. The summed E-state index contributed by atoms with van der Waals surface area (Å²) < 4.78 is 23.1. The number of amides is 1. The Balaban J connectivity index is 1.72. The van der Waals surface area contributed by atoms with Gasteiger partial charge in [0.1, 0.15) is 0 Å². The monoisotopic (exact) mass is 380 g/mol. The summed E-state index contributed by atoms with van der Waals surface area (Å²) in [6.07, 6.45) is -0.964. The Kier molecular flexibility index (Phi) is 4.99. The van der Waals surface area contributed by atoms with Crippen LogP contribution < -0.4 is 10.6 Å².